The summed E-state index contributed by atoms with van der Waals surface area (Å²) in [6.45, 7) is 2.89. The molecule has 1 heterocycles. The van der Waals surface area contributed by atoms with E-state index in [1.807, 2.05) is 0 Å². The molecule has 1 aliphatic heterocycles. The Morgan fingerprint density at radius 2 is 2.26 bits per heavy atom. The Labute approximate surface area is 115 Å². The number of hydrogen-bond acceptors (Lipinski definition) is 4. The fraction of sp³-hybridized carbons (Fsp3) is 0.929. The second kappa shape index (κ2) is 7.82. The third-order valence-corrected chi connectivity index (χ3v) is 3.76. The summed E-state index contributed by atoms with van der Waals surface area (Å²) < 4.78 is 11.0. The van der Waals surface area contributed by atoms with Gasteiger partial charge in [0.05, 0.1) is 12.7 Å². The van der Waals surface area contributed by atoms with E-state index < -0.39 is 0 Å². The highest BCUT2D eigenvalue weighted by molar-refractivity contribution is 5.76. The van der Waals surface area contributed by atoms with Crippen molar-refractivity contribution in [2.75, 3.05) is 26.4 Å². The number of nitrogens with two attached hydrogens (primary N) is 1. The van der Waals surface area contributed by atoms with Gasteiger partial charge in [-0.05, 0) is 38.0 Å². The highest BCUT2D eigenvalue weighted by Gasteiger charge is 2.29. The fourth-order valence-electron chi connectivity index (χ4n) is 2.37. The Kier molecular flexibility index (Phi) is 6.07. The van der Waals surface area contributed by atoms with E-state index in [2.05, 4.69) is 5.32 Å². The van der Waals surface area contributed by atoms with E-state index in [-0.39, 0.29) is 18.1 Å². The van der Waals surface area contributed by atoms with Crippen LogP contribution in [0.4, 0.5) is 0 Å². The molecule has 0 spiro atoms. The molecule has 3 N–H and O–H groups in total. The summed E-state index contributed by atoms with van der Waals surface area (Å²) in [6, 6.07) is 0.0516. The zero-order valence-electron chi connectivity index (χ0n) is 11.6. The van der Waals surface area contributed by atoms with Crippen molar-refractivity contribution < 1.29 is 14.3 Å². The Morgan fingerprint density at radius 3 is 2.95 bits per heavy atom. The first-order valence-corrected chi connectivity index (χ1v) is 7.47. The highest BCUT2D eigenvalue weighted by Crippen LogP contribution is 2.32. The molecule has 1 aliphatic carbocycles. The molecule has 2 fully saturated rings. The molecule has 2 atom stereocenters. The van der Waals surface area contributed by atoms with Crippen LogP contribution in [0.15, 0.2) is 0 Å². The maximum atomic E-state index is 11.6. The molecular weight excluding hydrogens is 244 g/mol. The summed E-state index contributed by atoms with van der Waals surface area (Å²) in [5.41, 5.74) is 5.90. The lowest BCUT2D eigenvalue weighted by atomic mass is 10.1. The van der Waals surface area contributed by atoms with Gasteiger partial charge in [-0.1, -0.05) is 0 Å². The molecule has 19 heavy (non-hydrogen) atoms. The van der Waals surface area contributed by atoms with Crippen molar-refractivity contribution >= 4 is 5.91 Å². The number of carbonyl (C=O) groups excluding carboxylic acids is 1. The van der Waals surface area contributed by atoms with E-state index in [0.717, 1.165) is 25.9 Å². The van der Waals surface area contributed by atoms with Crippen LogP contribution in [0.2, 0.25) is 0 Å². The van der Waals surface area contributed by atoms with Gasteiger partial charge in [0.1, 0.15) is 0 Å². The third kappa shape index (κ3) is 5.89. The van der Waals surface area contributed by atoms with Gasteiger partial charge in [-0.25, -0.2) is 0 Å². The average molecular weight is 270 g/mol. The molecule has 110 valence electrons. The summed E-state index contributed by atoms with van der Waals surface area (Å²) in [5, 5.41) is 2.89. The largest absolute Gasteiger partial charge is 0.379 e. The SMILES string of the molecule is NC(CC(=O)NCCCOCC1CCCO1)C1CC1. The summed E-state index contributed by atoms with van der Waals surface area (Å²) >= 11 is 0. The van der Waals surface area contributed by atoms with Gasteiger partial charge in [-0.2, -0.15) is 0 Å². The number of carbonyl (C=O) groups is 1. The van der Waals surface area contributed by atoms with E-state index in [0.29, 0.717) is 32.1 Å². The highest BCUT2D eigenvalue weighted by atomic mass is 16.5. The van der Waals surface area contributed by atoms with Gasteiger partial charge in [0.25, 0.3) is 0 Å². The molecule has 2 unspecified atom stereocenters. The molecule has 2 aliphatic rings. The van der Waals surface area contributed by atoms with Crippen molar-refractivity contribution in [3.63, 3.8) is 0 Å². The minimum Gasteiger partial charge on any atom is -0.379 e. The first-order chi connectivity index (χ1) is 9.25. The third-order valence-electron chi connectivity index (χ3n) is 3.76. The molecule has 0 radical (unpaired) electrons. The Bertz CT molecular complexity index is 276. The van der Waals surface area contributed by atoms with Crippen LogP contribution in [-0.2, 0) is 14.3 Å². The van der Waals surface area contributed by atoms with Crippen molar-refractivity contribution in [1.29, 1.82) is 0 Å². The topological polar surface area (TPSA) is 73.6 Å². The molecular formula is C14H26N2O3. The average Bonchev–Trinajstić information content (AvgIpc) is 3.12. The molecule has 1 saturated carbocycles. The van der Waals surface area contributed by atoms with Crippen LogP contribution >= 0.6 is 0 Å². The van der Waals surface area contributed by atoms with E-state index in [1.165, 1.54) is 12.8 Å². The molecule has 2 rings (SSSR count). The van der Waals surface area contributed by atoms with E-state index in [9.17, 15) is 4.79 Å². The zero-order valence-corrected chi connectivity index (χ0v) is 11.6. The van der Waals surface area contributed by atoms with Gasteiger partial charge in [0.2, 0.25) is 5.91 Å². The minimum atomic E-state index is 0.0516. The smallest absolute Gasteiger partial charge is 0.221 e. The normalized spacial score (nSPS) is 24.4. The molecule has 5 nitrogen and oxygen atoms in total. The molecule has 5 heteroatoms. The summed E-state index contributed by atoms with van der Waals surface area (Å²) in [5.74, 6) is 0.652. The number of nitrogens with one attached hydrogen (secondary N) is 1. The number of amides is 1. The molecule has 1 amide bonds. The lowest BCUT2D eigenvalue weighted by molar-refractivity contribution is -0.121. The lowest BCUT2D eigenvalue weighted by Gasteiger charge is -2.11. The number of rotatable bonds is 9. The van der Waals surface area contributed by atoms with Crippen LogP contribution in [0.3, 0.4) is 0 Å². The summed E-state index contributed by atoms with van der Waals surface area (Å²) in [4.78, 5) is 11.6. The van der Waals surface area contributed by atoms with Gasteiger partial charge in [-0.15, -0.1) is 0 Å². The van der Waals surface area contributed by atoms with Crippen LogP contribution in [0.5, 0.6) is 0 Å². The Balaban J connectivity index is 1.39. The molecule has 0 aromatic carbocycles. The predicted octanol–water partition coefficient (Wildman–Crippen LogP) is 0.816. The van der Waals surface area contributed by atoms with Crippen molar-refractivity contribution in [3.8, 4) is 0 Å². The molecule has 0 bridgehead atoms. The Morgan fingerprint density at radius 1 is 1.42 bits per heavy atom. The van der Waals surface area contributed by atoms with Crippen LogP contribution < -0.4 is 11.1 Å². The second-order valence-electron chi connectivity index (χ2n) is 5.62. The van der Waals surface area contributed by atoms with Crippen LogP contribution in [0.25, 0.3) is 0 Å². The first kappa shape index (κ1) is 14.8. The van der Waals surface area contributed by atoms with Gasteiger partial charge in [-0.3, -0.25) is 4.79 Å². The quantitative estimate of drug-likeness (QED) is 0.608. The van der Waals surface area contributed by atoms with E-state index in [1.54, 1.807) is 0 Å². The van der Waals surface area contributed by atoms with Gasteiger partial charge in [0, 0.05) is 32.2 Å². The fourth-order valence-corrected chi connectivity index (χ4v) is 2.37. The predicted molar refractivity (Wildman–Crippen MR) is 72.7 cm³/mol. The van der Waals surface area contributed by atoms with Crippen LogP contribution in [-0.4, -0.2) is 44.4 Å². The van der Waals surface area contributed by atoms with E-state index >= 15 is 0 Å². The lowest BCUT2D eigenvalue weighted by Crippen LogP contribution is -2.33. The van der Waals surface area contributed by atoms with Gasteiger partial charge in [0.15, 0.2) is 0 Å². The monoisotopic (exact) mass is 270 g/mol. The van der Waals surface area contributed by atoms with Crippen molar-refractivity contribution in [2.24, 2.45) is 11.7 Å². The minimum absolute atomic E-state index is 0.0516. The van der Waals surface area contributed by atoms with Crippen molar-refractivity contribution in [1.82, 2.24) is 5.32 Å². The maximum absolute atomic E-state index is 11.6. The number of hydrogen-bond donors (Lipinski definition) is 2. The van der Waals surface area contributed by atoms with Crippen LogP contribution in [0.1, 0.15) is 38.5 Å². The first-order valence-electron chi connectivity index (χ1n) is 7.47. The molecule has 0 aromatic heterocycles. The van der Waals surface area contributed by atoms with Gasteiger partial charge >= 0.3 is 0 Å². The second-order valence-corrected chi connectivity index (χ2v) is 5.62. The van der Waals surface area contributed by atoms with Crippen molar-refractivity contribution in [2.45, 2.75) is 50.7 Å². The van der Waals surface area contributed by atoms with E-state index in [4.69, 9.17) is 15.2 Å². The standard InChI is InChI=1S/C14H26N2O3/c15-13(11-4-5-11)9-14(17)16-6-2-7-18-10-12-3-1-8-19-12/h11-13H,1-10,15H2,(H,16,17). The molecule has 1 saturated heterocycles. The number of ether oxygens (including phenoxy) is 2. The molecule has 0 aromatic rings. The zero-order chi connectivity index (χ0) is 13.5. The summed E-state index contributed by atoms with van der Waals surface area (Å²) in [6.07, 6.45) is 6.21. The maximum Gasteiger partial charge on any atom is 0.221 e. The van der Waals surface area contributed by atoms with Gasteiger partial charge < -0.3 is 20.5 Å². The summed E-state index contributed by atoms with van der Waals surface area (Å²) in [7, 11) is 0. The van der Waals surface area contributed by atoms with Crippen molar-refractivity contribution in [3.05, 3.63) is 0 Å². The Hall–Kier alpha value is -0.650. The van der Waals surface area contributed by atoms with Crippen LogP contribution in [0, 0.1) is 5.92 Å².